The molecule has 2 amide bonds. The fourth-order valence-corrected chi connectivity index (χ4v) is 2.94. The smallest absolute Gasteiger partial charge is 0.266 e. The lowest BCUT2D eigenvalue weighted by Crippen LogP contribution is -2.29. The molecule has 118 valence electrons. The zero-order valence-electron chi connectivity index (χ0n) is 12.7. The van der Waals surface area contributed by atoms with Gasteiger partial charge in [0.1, 0.15) is 11.6 Å². The highest BCUT2D eigenvalue weighted by molar-refractivity contribution is 6.35. The number of carbonyl (C=O) groups is 2. The molecule has 3 aromatic rings. The monoisotopic (exact) mass is 321 g/mol. The van der Waals surface area contributed by atoms with Gasteiger partial charge in [0.25, 0.3) is 11.8 Å². The first-order valence-corrected chi connectivity index (χ1v) is 7.35. The summed E-state index contributed by atoms with van der Waals surface area (Å²) < 4.78 is 19.0. The molecule has 1 heterocycles. The fraction of sp³-hybridized carbons (Fsp3) is 0.0526. The van der Waals surface area contributed by atoms with E-state index in [4.69, 9.17) is 4.74 Å². The number of amides is 2. The second-order valence-electron chi connectivity index (χ2n) is 5.50. The SMILES string of the molecule is COc1ccc(N2C(=O)c3cc4cccc(F)c4cc3C2=O)cc1. The van der Waals surface area contributed by atoms with Crippen molar-refractivity contribution in [2.75, 3.05) is 12.0 Å². The summed E-state index contributed by atoms with van der Waals surface area (Å²) >= 11 is 0. The van der Waals surface area contributed by atoms with Crippen molar-refractivity contribution in [3.8, 4) is 5.75 Å². The summed E-state index contributed by atoms with van der Waals surface area (Å²) in [5, 5.41) is 0.917. The molecule has 5 heteroatoms. The number of nitrogens with zero attached hydrogens (tertiary/aromatic N) is 1. The van der Waals surface area contributed by atoms with Crippen molar-refractivity contribution in [2.24, 2.45) is 0 Å². The third-order valence-corrected chi connectivity index (χ3v) is 4.16. The van der Waals surface area contributed by atoms with Crippen LogP contribution in [0.2, 0.25) is 0 Å². The lowest BCUT2D eigenvalue weighted by Gasteiger charge is -2.14. The molecule has 1 aliphatic rings. The quantitative estimate of drug-likeness (QED) is 0.675. The molecule has 3 aromatic carbocycles. The zero-order valence-corrected chi connectivity index (χ0v) is 12.7. The van der Waals surface area contributed by atoms with E-state index in [2.05, 4.69) is 0 Å². The van der Waals surface area contributed by atoms with Crippen LogP contribution >= 0.6 is 0 Å². The molecule has 0 saturated carbocycles. The van der Waals surface area contributed by atoms with Crippen molar-refractivity contribution in [1.29, 1.82) is 0 Å². The molecule has 0 unspecified atom stereocenters. The number of halogens is 1. The van der Waals surface area contributed by atoms with Crippen LogP contribution in [0.5, 0.6) is 5.75 Å². The lowest BCUT2D eigenvalue weighted by molar-refractivity contribution is 0.0926. The van der Waals surface area contributed by atoms with Crippen molar-refractivity contribution >= 4 is 28.3 Å². The minimum absolute atomic E-state index is 0.216. The summed E-state index contributed by atoms with van der Waals surface area (Å²) in [6.07, 6.45) is 0. The Morgan fingerprint density at radius 3 is 2.25 bits per heavy atom. The molecule has 24 heavy (non-hydrogen) atoms. The van der Waals surface area contributed by atoms with Gasteiger partial charge >= 0.3 is 0 Å². The Balaban J connectivity index is 1.85. The summed E-state index contributed by atoms with van der Waals surface area (Å²) in [4.78, 5) is 26.4. The Bertz CT molecular complexity index is 995. The number of imide groups is 1. The fourth-order valence-electron chi connectivity index (χ4n) is 2.94. The van der Waals surface area contributed by atoms with E-state index in [9.17, 15) is 14.0 Å². The molecule has 0 spiro atoms. The normalized spacial score (nSPS) is 13.5. The summed E-state index contributed by atoms with van der Waals surface area (Å²) in [5.74, 6) is -0.654. The van der Waals surface area contributed by atoms with Crippen LogP contribution in [-0.4, -0.2) is 18.9 Å². The van der Waals surface area contributed by atoms with Gasteiger partial charge in [-0.1, -0.05) is 12.1 Å². The van der Waals surface area contributed by atoms with Crippen LogP contribution in [0.15, 0.2) is 54.6 Å². The number of ether oxygens (including phenoxy) is 1. The highest BCUT2D eigenvalue weighted by Gasteiger charge is 2.37. The van der Waals surface area contributed by atoms with Gasteiger partial charge in [0.2, 0.25) is 0 Å². The van der Waals surface area contributed by atoms with Gasteiger partial charge in [0.15, 0.2) is 0 Å². The van der Waals surface area contributed by atoms with Gasteiger partial charge in [-0.3, -0.25) is 9.59 Å². The molecule has 0 radical (unpaired) electrons. The first kappa shape index (κ1) is 14.4. The number of rotatable bonds is 2. The van der Waals surface area contributed by atoms with Gasteiger partial charge in [-0.15, -0.1) is 0 Å². The van der Waals surface area contributed by atoms with Gasteiger partial charge in [0, 0.05) is 5.39 Å². The molecule has 0 aliphatic carbocycles. The first-order valence-electron chi connectivity index (χ1n) is 7.35. The molecule has 4 nitrogen and oxygen atoms in total. The van der Waals surface area contributed by atoms with E-state index in [1.165, 1.54) is 19.2 Å². The second-order valence-corrected chi connectivity index (χ2v) is 5.50. The lowest BCUT2D eigenvalue weighted by atomic mass is 10.0. The molecule has 0 aromatic heterocycles. The minimum Gasteiger partial charge on any atom is -0.497 e. The van der Waals surface area contributed by atoms with E-state index in [0.717, 1.165) is 4.90 Å². The van der Waals surface area contributed by atoms with Crippen LogP contribution in [0.1, 0.15) is 20.7 Å². The molecule has 0 fully saturated rings. The predicted octanol–water partition coefficient (Wildman–Crippen LogP) is 3.79. The standard InChI is InChI=1S/C19H12FNO3/c1-24-13-7-5-12(6-8-13)21-18(22)15-9-11-3-2-4-17(20)14(11)10-16(15)19(21)23/h2-10H,1H3. The number of hydrogen-bond acceptors (Lipinski definition) is 3. The van der Waals surface area contributed by atoms with E-state index < -0.39 is 17.6 Å². The van der Waals surface area contributed by atoms with Crippen molar-refractivity contribution < 1.29 is 18.7 Å². The van der Waals surface area contributed by atoms with Gasteiger partial charge < -0.3 is 4.74 Å². The molecular weight excluding hydrogens is 309 g/mol. The molecule has 0 bridgehead atoms. The molecule has 0 atom stereocenters. The Hall–Kier alpha value is -3.21. The van der Waals surface area contributed by atoms with E-state index in [1.807, 2.05) is 0 Å². The second kappa shape index (κ2) is 5.16. The summed E-state index contributed by atoms with van der Waals surface area (Å²) in [5.41, 5.74) is 0.953. The van der Waals surface area contributed by atoms with E-state index >= 15 is 0 Å². The number of carbonyl (C=O) groups excluding carboxylic acids is 2. The van der Waals surface area contributed by atoms with Gasteiger partial charge in [-0.2, -0.15) is 0 Å². The third kappa shape index (κ3) is 1.98. The van der Waals surface area contributed by atoms with Crippen LogP contribution in [0.3, 0.4) is 0 Å². The topological polar surface area (TPSA) is 46.6 Å². The van der Waals surface area contributed by atoms with E-state index in [0.29, 0.717) is 22.2 Å². The number of hydrogen-bond donors (Lipinski definition) is 0. The van der Waals surface area contributed by atoms with Crippen LogP contribution in [0.25, 0.3) is 10.8 Å². The Labute approximate surface area is 137 Å². The van der Waals surface area contributed by atoms with Crippen LogP contribution in [0.4, 0.5) is 10.1 Å². The van der Waals surface area contributed by atoms with E-state index in [1.54, 1.807) is 42.5 Å². The first-order chi connectivity index (χ1) is 11.6. The molecule has 0 saturated heterocycles. The predicted molar refractivity (Wildman–Crippen MR) is 88.0 cm³/mol. The number of anilines is 1. The van der Waals surface area contributed by atoms with Gasteiger partial charge in [-0.25, -0.2) is 9.29 Å². The molecular formula is C19H12FNO3. The Kier molecular flexibility index (Phi) is 3.09. The summed E-state index contributed by atoms with van der Waals surface area (Å²) in [7, 11) is 1.54. The summed E-state index contributed by atoms with van der Waals surface area (Å²) in [6.45, 7) is 0. The highest BCUT2D eigenvalue weighted by Crippen LogP contribution is 2.32. The van der Waals surface area contributed by atoms with Crippen LogP contribution in [-0.2, 0) is 0 Å². The van der Waals surface area contributed by atoms with Gasteiger partial charge in [0.05, 0.1) is 23.9 Å². The highest BCUT2D eigenvalue weighted by atomic mass is 19.1. The Morgan fingerprint density at radius 1 is 0.917 bits per heavy atom. The number of methoxy groups -OCH3 is 1. The maximum atomic E-state index is 14.0. The minimum atomic E-state index is -0.453. The number of fused-ring (bicyclic) bond motifs is 2. The largest absolute Gasteiger partial charge is 0.497 e. The van der Waals surface area contributed by atoms with Crippen molar-refractivity contribution in [3.63, 3.8) is 0 Å². The zero-order chi connectivity index (χ0) is 16.8. The summed E-state index contributed by atoms with van der Waals surface area (Å²) in [6, 6.07) is 14.3. The van der Waals surface area contributed by atoms with Crippen molar-refractivity contribution in [3.05, 3.63) is 71.5 Å². The van der Waals surface area contributed by atoms with Crippen LogP contribution in [0, 0.1) is 5.82 Å². The average Bonchev–Trinajstić information content (AvgIpc) is 2.85. The maximum Gasteiger partial charge on any atom is 0.266 e. The maximum absolute atomic E-state index is 14.0. The molecule has 4 rings (SSSR count). The van der Waals surface area contributed by atoms with Gasteiger partial charge in [-0.05, 0) is 47.9 Å². The van der Waals surface area contributed by atoms with E-state index in [-0.39, 0.29) is 11.1 Å². The van der Waals surface area contributed by atoms with Crippen molar-refractivity contribution in [2.45, 2.75) is 0 Å². The molecule has 0 N–H and O–H groups in total. The van der Waals surface area contributed by atoms with Crippen LogP contribution < -0.4 is 9.64 Å². The Morgan fingerprint density at radius 2 is 1.58 bits per heavy atom. The average molecular weight is 321 g/mol. The molecule has 1 aliphatic heterocycles. The third-order valence-electron chi connectivity index (χ3n) is 4.16. The number of benzene rings is 3. The van der Waals surface area contributed by atoms with Crippen molar-refractivity contribution in [1.82, 2.24) is 0 Å².